The molecular formula is C19H21FN4O2. The number of aromatic nitrogens is 2. The van der Waals surface area contributed by atoms with Gasteiger partial charge >= 0.3 is 0 Å². The molecule has 0 unspecified atom stereocenters. The van der Waals surface area contributed by atoms with Crippen molar-refractivity contribution in [3.63, 3.8) is 0 Å². The Morgan fingerprint density at radius 2 is 2.23 bits per heavy atom. The average Bonchev–Trinajstić information content (AvgIpc) is 2.60. The zero-order valence-electron chi connectivity index (χ0n) is 14.6. The first-order valence-electron chi connectivity index (χ1n) is 8.67. The second-order valence-corrected chi connectivity index (χ2v) is 6.28. The van der Waals surface area contributed by atoms with Crippen molar-refractivity contribution in [3.05, 3.63) is 53.2 Å². The number of carbonyl (C=O) groups is 1. The Hall–Kier alpha value is -2.83. The summed E-state index contributed by atoms with van der Waals surface area (Å²) in [4.78, 5) is 25.5. The standard InChI is InChI=1S/C19H21FN4O2/c1-13-16(11-21-12-17(13)20)19(25)24-18-8-7-14(10-22-18)4-3-9-23-26-15-5-2-6-15/h7-12,15H,2-6H2,1H3,(H,22,24,25)/b23-9+. The van der Waals surface area contributed by atoms with E-state index in [0.29, 0.717) is 11.9 Å². The fraction of sp³-hybridized carbons (Fsp3) is 0.368. The number of amides is 1. The van der Waals surface area contributed by atoms with Gasteiger partial charge in [0.1, 0.15) is 17.7 Å². The molecule has 3 rings (SSSR count). The summed E-state index contributed by atoms with van der Waals surface area (Å²) >= 11 is 0. The lowest BCUT2D eigenvalue weighted by Crippen LogP contribution is -2.18. The topological polar surface area (TPSA) is 76.5 Å². The average molecular weight is 356 g/mol. The third-order valence-corrected chi connectivity index (χ3v) is 4.36. The van der Waals surface area contributed by atoms with Crippen LogP contribution in [0.2, 0.25) is 0 Å². The lowest BCUT2D eigenvalue weighted by molar-refractivity contribution is 0.00662. The van der Waals surface area contributed by atoms with E-state index >= 15 is 0 Å². The predicted octanol–water partition coefficient (Wildman–Crippen LogP) is 3.66. The number of halogens is 1. The maximum absolute atomic E-state index is 13.5. The van der Waals surface area contributed by atoms with Gasteiger partial charge in [0.2, 0.25) is 0 Å². The number of rotatable bonds is 7. The van der Waals surface area contributed by atoms with Crippen molar-refractivity contribution in [1.29, 1.82) is 0 Å². The fourth-order valence-electron chi connectivity index (χ4n) is 2.45. The Morgan fingerprint density at radius 3 is 2.92 bits per heavy atom. The Balaban J connectivity index is 1.49. The van der Waals surface area contributed by atoms with Crippen LogP contribution in [0, 0.1) is 12.7 Å². The van der Waals surface area contributed by atoms with Gasteiger partial charge in [-0.2, -0.15) is 0 Å². The van der Waals surface area contributed by atoms with Gasteiger partial charge in [0, 0.05) is 24.2 Å². The molecule has 0 spiro atoms. The molecule has 0 saturated heterocycles. The molecule has 1 aliphatic rings. The first kappa shape index (κ1) is 18.0. The monoisotopic (exact) mass is 356 g/mol. The third kappa shape index (κ3) is 4.62. The highest BCUT2D eigenvalue weighted by Gasteiger charge is 2.18. The first-order valence-corrected chi connectivity index (χ1v) is 8.67. The number of nitrogens with zero attached hydrogens (tertiary/aromatic N) is 3. The summed E-state index contributed by atoms with van der Waals surface area (Å²) in [6.45, 7) is 1.54. The van der Waals surface area contributed by atoms with Crippen LogP contribution in [0.5, 0.6) is 0 Å². The van der Waals surface area contributed by atoms with Gasteiger partial charge in [0.05, 0.1) is 11.8 Å². The van der Waals surface area contributed by atoms with E-state index in [0.717, 1.165) is 37.4 Å². The van der Waals surface area contributed by atoms with E-state index in [1.165, 1.54) is 12.6 Å². The predicted molar refractivity (Wildman–Crippen MR) is 96.7 cm³/mol. The minimum atomic E-state index is -0.510. The van der Waals surface area contributed by atoms with E-state index in [1.54, 1.807) is 25.4 Å². The Labute approximate surface area is 151 Å². The van der Waals surface area contributed by atoms with Crippen LogP contribution in [0.15, 0.2) is 35.9 Å². The molecule has 2 heterocycles. The molecule has 1 amide bonds. The maximum Gasteiger partial charge on any atom is 0.258 e. The number of anilines is 1. The molecule has 0 bridgehead atoms. The number of hydrogen-bond acceptors (Lipinski definition) is 5. The van der Waals surface area contributed by atoms with Crippen molar-refractivity contribution in [2.24, 2.45) is 5.16 Å². The van der Waals surface area contributed by atoms with Crippen molar-refractivity contribution in [2.75, 3.05) is 5.32 Å². The summed E-state index contributed by atoms with van der Waals surface area (Å²) in [7, 11) is 0. The molecule has 1 saturated carbocycles. The molecule has 1 N–H and O–H groups in total. The van der Waals surface area contributed by atoms with Crippen molar-refractivity contribution >= 4 is 17.9 Å². The van der Waals surface area contributed by atoms with Crippen LogP contribution in [-0.4, -0.2) is 28.2 Å². The normalized spacial score (nSPS) is 14.2. The van der Waals surface area contributed by atoms with Crippen LogP contribution in [0.4, 0.5) is 10.2 Å². The van der Waals surface area contributed by atoms with Crippen LogP contribution in [0.1, 0.15) is 47.2 Å². The Morgan fingerprint density at radius 1 is 1.38 bits per heavy atom. The van der Waals surface area contributed by atoms with E-state index in [2.05, 4.69) is 20.4 Å². The van der Waals surface area contributed by atoms with E-state index < -0.39 is 11.7 Å². The van der Waals surface area contributed by atoms with Gasteiger partial charge in [-0.15, -0.1) is 0 Å². The van der Waals surface area contributed by atoms with Crippen LogP contribution in [0.25, 0.3) is 0 Å². The van der Waals surface area contributed by atoms with Crippen molar-refractivity contribution in [1.82, 2.24) is 9.97 Å². The summed E-state index contributed by atoms with van der Waals surface area (Å²) in [5.74, 6) is -0.539. The first-order chi connectivity index (χ1) is 12.6. The minimum absolute atomic E-state index is 0.193. The lowest BCUT2D eigenvalue weighted by atomic mass is 9.97. The molecule has 26 heavy (non-hydrogen) atoms. The van der Waals surface area contributed by atoms with E-state index in [1.807, 2.05) is 6.07 Å². The van der Waals surface area contributed by atoms with Crippen molar-refractivity contribution < 1.29 is 14.0 Å². The Kier molecular flexibility index (Phi) is 5.88. The molecule has 136 valence electrons. The number of pyridine rings is 2. The molecule has 1 fully saturated rings. The molecule has 0 aliphatic heterocycles. The molecular weight excluding hydrogens is 335 g/mol. The van der Waals surface area contributed by atoms with Gasteiger partial charge in [0.25, 0.3) is 5.91 Å². The molecule has 2 aromatic heterocycles. The number of oxime groups is 1. The zero-order valence-corrected chi connectivity index (χ0v) is 14.6. The SMILES string of the molecule is Cc1c(F)cncc1C(=O)Nc1ccc(CC/C=N/OC2CCC2)cn1. The lowest BCUT2D eigenvalue weighted by Gasteiger charge is -2.22. The summed E-state index contributed by atoms with van der Waals surface area (Å²) < 4.78 is 13.5. The minimum Gasteiger partial charge on any atom is -0.393 e. The highest BCUT2D eigenvalue weighted by molar-refractivity contribution is 6.04. The molecule has 7 heteroatoms. The molecule has 2 aromatic rings. The van der Waals surface area contributed by atoms with Crippen LogP contribution in [0.3, 0.4) is 0 Å². The summed E-state index contributed by atoms with van der Waals surface area (Å²) in [5.41, 5.74) is 1.48. The smallest absolute Gasteiger partial charge is 0.258 e. The largest absolute Gasteiger partial charge is 0.393 e. The molecule has 6 nitrogen and oxygen atoms in total. The van der Waals surface area contributed by atoms with Gasteiger partial charge in [0.15, 0.2) is 0 Å². The van der Waals surface area contributed by atoms with E-state index in [-0.39, 0.29) is 11.1 Å². The van der Waals surface area contributed by atoms with E-state index in [9.17, 15) is 9.18 Å². The second kappa shape index (κ2) is 8.51. The fourth-order valence-corrected chi connectivity index (χ4v) is 2.45. The molecule has 0 atom stereocenters. The summed E-state index contributed by atoms with van der Waals surface area (Å²) in [6, 6.07) is 3.61. The van der Waals surface area contributed by atoms with Crippen LogP contribution >= 0.6 is 0 Å². The van der Waals surface area contributed by atoms with Gasteiger partial charge in [-0.25, -0.2) is 9.37 Å². The summed E-state index contributed by atoms with van der Waals surface area (Å²) in [5, 5.41) is 6.63. The number of aryl methyl sites for hydroxylation is 1. The second-order valence-electron chi connectivity index (χ2n) is 6.28. The van der Waals surface area contributed by atoms with Crippen molar-refractivity contribution in [2.45, 2.75) is 45.1 Å². The summed E-state index contributed by atoms with van der Waals surface area (Å²) in [6.07, 6.45) is 11.2. The number of carbonyl (C=O) groups excluding carboxylic acids is 1. The highest BCUT2D eigenvalue weighted by atomic mass is 19.1. The van der Waals surface area contributed by atoms with Gasteiger partial charge in [-0.1, -0.05) is 11.2 Å². The van der Waals surface area contributed by atoms with Gasteiger partial charge in [-0.05, 0) is 50.7 Å². The van der Waals surface area contributed by atoms with Gasteiger partial charge in [-0.3, -0.25) is 9.78 Å². The third-order valence-electron chi connectivity index (χ3n) is 4.36. The molecule has 1 aliphatic carbocycles. The quantitative estimate of drug-likeness (QED) is 0.607. The molecule has 0 aromatic carbocycles. The Bertz CT molecular complexity index is 789. The highest BCUT2D eigenvalue weighted by Crippen LogP contribution is 2.21. The van der Waals surface area contributed by atoms with E-state index in [4.69, 9.17) is 4.84 Å². The van der Waals surface area contributed by atoms with Crippen LogP contribution < -0.4 is 5.32 Å². The van der Waals surface area contributed by atoms with Crippen LogP contribution in [-0.2, 0) is 11.3 Å². The number of hydrogen-bond donors (Lipinski definition) is 1. The zero-order chi connectivity index (χ0) is 18.4. The number of nitrogens with one attached hydrogen (secondary N) is 1. The van der Waals surface area contributed by atoms with Gasteiger partial charge < -0.3 is 10.2 Å². The molecule has 0 radical (unpaired) electrons. The maximum atomic E-state index is 13.5. The van der Waals surface area contributed by atoms with Crippen molar-refractivity contribution in [3.8, 4) is 0 Å².